The quantitative estimate of drug-likeness (QED) is 0.453. The predicted octanol–water partition coefficient (Wildman–Crippen LogP) is 4.84. The third kappa shape index (κ3) is 6.02. The molecule has 186 valence electrons. The number of carbonyl (C=O) groups is 3. The summed E-state index contributed by atoms with van der Waals surface area (Å²) in [4.78, 5) is 36.3. The number of amides is 2. The van der Waals surface area contributed by atoms with Crippen LogP contribution in [0.15, 0.2) is 48.5 Å². The third-order valence-electron chi connectivity index (χ3n) is 7.18. The zero-order valence-electron chi connectivity index (χ0n) is 20.2. The Balaban J connectivity index is 1.30. The van der Waals surface area contributed by atoms with Crippen LogP contribution in [-0.4, -0.2) is 41.8 Å². The van der Waals surface area contributed by atoms with Crippen molar-refractivity contribution in [2.75, 3.05) is 6.61 Å². The maximum atomic E-state index is 12.7. The van der Waals surface area contributed by atoms with E-state index in [0.29, 0.717) is 6.42 Å². The normalized spacial score (nSPS) is 19.5. The maximum Gasteiger partial charge on any atom is 0.407 e. The Morgan fingerprint density at radius 2 is 1.69 bits per heavy atom. The number of hydrogen-bond donors (Lipinski definition) is 3. The molecule has 0 radical (unpaired) electrons. The SMILES string of the molecule is CCC[C@@H](CC(=O)O)NC(=O)C[C@@H]1CCC[C@H]1NC(=O)OCC1c2ccccc2-c2ccccc21. The average molecular weight is 479 g/mol. The van der Waals surface area contributed by atoms with Crippen molar-refractivity contribution in [2.45, 2.75) is 69.9 Å². The van der Waals surface area contributed by atoms with E-state index in [1.807, 2.05) is 31.2 Å². The van der Waals surface area contributed by atoms with Crippen LogP contribution in [0, 0.1) is 5.92 Å². The van der Waals surface area contributed by atoms with Gasteiger partial charge in [0.1, 0.15) is 6.61 Å². The number of benzene rings is 2. The van der Waals surface area contributed by atoms with E-state index in [-0.39, 0.29) is 49.3 Å². The first-order valence-corrected chi connectivity index (χ1v) is 12.6. The second kappa shape index (κ2) is 11.4. The van der Waals surface area contributed by atoms with E-state index < -0.39 is 12.1 Å². The fourth-order valence-electron chi connectivity index (χ4n) is 5.57. The molecule has 0 heterocycles. The number of carboxylic acids is 1. The zero-order valence-corrected chi connectivity index (χ0v) is 20.2. The topological polar surface area (TPSA) is 105 Å². The van der Waals surface area contributed by atoms with E-state index in [0.717, 1.165) is 25.7 Å². The Bertz CT molecular complexity index is 1020. The molecule has 1 fully saturated rings. The monoisotopic (exact) mass is 478 g/mol. The molecule has 0 unspecified atom stereocenters. The second-order valence-electron chi connectivity index (χ2n) is 9.62. The van der Waals surface area contributed by atoms with Crippen molar-refractivity contribution >= 4 is 18.0 Å². The van der Waals surface area contributed by atoms with E-state index in [2.05, 4.69) is 34.9 Å². The number of carbonyl (C=O) groups excluding carboxylic acids is 2. The van der Waals surface area contributed by atoms with Crippen molar-refractivity contribution in [2.24, 2.45) is 5.92 Å². The Kier molecular flexibility index (Phi) is 8.06. The predicted molar refractivity (Wildman–Crippen MR) is 133 cm³/mol. The smallest absolute Gasteiger partial charge is 0.407 e. The highest BCUT2D eigenvalue weighted by molar-refractivity contribution is 5.79. The molecule has 35 heavy (non-hydrogen) atoms. The van der Waals surface area contributed by atoms with Crippen LogP contribution < -0.4 is 10.6 Å². The van der Waals surface area contributed by atoms with Crippen molar-refractivity contribution in [3.63, 3.8) is 0 Å². The van der Waals surface area contributed by atoms with E-state index in [9.17, 15) is 14.4 Å². The summed E-state index contributed by atoms with van der Waals surface area (Å²) in [6.07, 6.45) is 3.74. The Labute approximate surface area is 206 Å². The van der Waals surface area contributed by atoms with Gasteiger partial charge in [0.2, 0.25) is 5.91 Å². The minimum atomic E-state index is -0.917. The minimum absolute atomic E-state index is 0.00281. The van der Waals surface area contributed by atoms with Crippen molar-refractivity contribution in [3.05, 3.63) is 59.7 Å². The largest absolute Gasteiger partial charge is 0.481 e. The van der Waals surface area contributed by atoms with Crippen LogP contribution >= 0.6 is 0 Å². The number of fused-ring (bicyclic) bond motifs is 3. The van der Waals surface area contributed by atoms with Crippen LogP contribution in [0.4, 0.5) is 4.79 Å². The van der Waals surface area contributed by atoms with Gasteiger partial charge in [-0.3, -0.25) is 9.59 Å². The highest BCUT2D eigenvalue weighted by atomic mass is 16.5. The molecular weight excluding hydrogens is 444 g/mol. The van der Waals surface area contributed by atoms with Crippen molar-refractivity contribution in [1.29, 1.82) is 0 Å². The summed E-state index contributed by atoms with van der Waals surface area (Å²) in [5.41, 5.74) is 4.70. The molecule has 1 saturated carbocycles. The molecule has 4 rings (SSSR count). The lowest BCUT2D eigenvalue weighted by Crippen LogP contribution is -2.42. The summed E-state index contributed by atoms with van der Waals surface area (Å²) in [7, 11) is 0. The van der Waals surface area contributed by atoms with Gasteiger partial charge in [-0.05, 0) is 47.4 Å². The Morgan fingerprint density at radius 1 is 1.03 bits per heavy atom. The molecule has 0 spiro atoms. The van der Waals surface area contributed by atoms with Crippen molar-refractivity contribution in [3.8, 4) is 11.1 Å². The van der Waals surface area contributed by atoms with Gasteiger partial charge in [0.25, 0.3) is 0 Å². The molecule has 3 atom stereocenters. The molecule has 3 N–H and O–H groups in total. The van der Waals surface area contributed by atoms with Crippen LogP contribution in [0.2, 0.25) is 0 Å². The first-order chi connectivity index (χ1) is 17.0. The van der Waals surface area contributed by atoms with Gasteiger partial charge in [-0.1, -0.05) is 68.3 Å². The molecule has 0 aliphatic heterocycles. The fourth-order valence-corrected chi connectivity index (χ4v) is 5.57. The number of carboxylic acid groups (broad SMARTS) is 1. The summed E-state index contributed by atoms with van der Waals surface area (Å²) >= 11 is 0. The maximum absolute atomic E-state index is 12.7. The van der Waals surface area contributed by atoms with Gasteiger partial charge >= 0.3 is 12.1 Å². The second-order valence-corrected chi connectivity index (χ2v) is 9.62. The molecule has 2 aliphatic carbocycles. The summed E-state index contributed by atoms with van der Waals surface area (Å²) in [5, 5.41) is 14.9. The van der Waals surface area contributed by atoms with Crippen molar-refractivity contribution in [1.82, 2.24) is 10.6 Å². The lowest BCUT2D eigenvalue weighted by molar-refractivity contribution is -0.137. The molecular formula is C28H34N2O5. The van der Waals surface area contributed by atoms with E-state index >= 15 is 0 Å². The molecule has 7 nitrogen and oxygen atoms in total. The Hall–Kier alpha value is -3.35. The van der Waals surface area contributed by atoms with E-state index in [1.54, 1.807) is 0 Å². The molecule has 7 heteroatoms. The molecule has 0 saturated heterocycles. The summed E-state index contributed by atoms with van der Waals surface area (Å²) in [5.74, 6) is -1.05. The van der Waals surface area contributed by atoms with Crippen molar-refractivity contribution < 1.29 is 24.2 Å². The number of ether oxygens (including phenoxy) is 1. The van der Waals surface area contributed by atoms with Gasteiger partial charge in [0.15, 0.2) is 0 Å². The molecule has 2 aromatic carbocycles. The van der Waals surface area contributed by atoms with E-state index in [1.165, 1.54) is 22.3 Å². The molecule has 2 aliphatic rings. The van der Waals surface area contributed by atoms with Crippen LogP contribution in [0.1, 0.15) is 68.9 Å². The number of hydrogen-bond acceptors (Lipinski definition) is 4. The lowest BCUT2D eigenvalue weighted by atomic mass is 9.98. The third-order valence-corrected chi connectivity index (χ3v) is 7.18. The van der Waals surface area contributed by atoms with Gasteiger partial charge in [-0.2, -0.15) is 0 Å². The molecule has 0 bridgehead atoms. The van der Waals surface area contributed by atoms with Gasteiger partial charge in [0, 0.05) is 24.4 Å². The van der Waals surface area contributed by atoms with Gasteiger partial charge < -0.3 is 20.5 Å². The van der Waals surface area contributed by atoms with Crippen LogP contribution in [0.5, 0.6) is 0 Å². The summed E-state index contributed by atoms with van der Waals surface area (Å²) in [6.45, 7) is 2.22. The fraction of sp³-hybridized carbons (Fsp3) is 0.464. The summed E-state index contributed by atoms with van der Waals surface area (Å²) in [6, 6.07) is 15.9. The minimum Gasteiger partial charge on any atom is -0.481 e. The highest BCUT2D eigenvalue weighted by Crippen LogP contribution is 2.44. The highest BCUT2D eigenvalue weighted by Gasteiger charge is 2.33. The Morgan fingerprint density at radius 3 is 2.31 bits per heavy atom. The number of rotatable bonds is 10. The number of aliphatic carboxylic acids is 1. The van der Waals surface area contributed by atoms with Gasteiger partial charge in [-0.25, -0.2) is 4.79 Å². The number of alkyl carbamates (subject to hydrolysis) is 1. The molecule has 2 aromatic rings. The van der Waals surface area contributed by atoms with Crippen LogP contribution in [-0.2, 0) is 14.3 Å². The van der Waals surface area contributed by atoms with Gasteiger partial charge in [0.05, 0.1) is 6.42 Å². The molecule has 2 amide bonds. The van der Waals surface area contributed by atoms with Crippen LogP contribution in [0.25, 0.3) is 11.1 Å². The first kappa shape index (κ1) is 24.8. The van der Waals surface area contributed by atoms with Gasteiger partial charge in [-0.15, -0.1) is 0 Å². The average Bonchev–Trinajstić information content (AvgIpc) is 3.39. The first-order valence-electron chi connectivity index (χ1n) is 12.6. The van der Waals surface area contributed by atoms with Crippen LogP contribution in [0.3, 0.4) is 0 Å². The standard InChI is InChI=1S/C28H34N2O5/c1-2-8-19(16-27(32)33)29-26(31)15-18-9-7-14-25(18)30-28(34)35-17-24-22-12-5-3-10-20(22)21-11-4-6-13-23(21)24/h3-6,10-13,18-19,24-25H,2,7-9,14-17H2,1H3,(H,29,31)(H,30,34)(H,32,33)/t18-,19-,25+/m0/s1. The lowest BCUT2D eigenvalue weighted by Gasteiger charge is -2.23. The molecule has 0 aromatic heterocycles. The zero-order chi connectivity index (χ0) is 24.8. The summed E-state index contributed by atoms with van der Waals surface area (Å²) < 4.78 is 5.68. The van der Waals surface area contributed by atoms with E-state index in [4.69, 9.17) is 9.84 Å². The number of nitrogens with one attached hydrogen (secondary N) is 2.